The zero-order chi connectivity index (χ0) is 34.3. The fourth-order valence-electron chi connectivity index (χ4n) is 6.35. The number of ether oxygens (including phenoxy) is 1. The Morgan fingerprint density at radius 3 is 2.42 bits per heavy atom. The van der Waals surface area contributed by atoms with E-state index in [1.54, 1.807) is 29.3 Å². The lowest BCUT2D eigenvalue weighted by Gasteiger charge is -2.32. The van der Waals surface area contributed by atoms with Crippen LogP contribution in [-0.4, -0.2) is 56.4 Å². The summed E-state index contributed by atoms with van der Waals surface area (Å²) in [6.45, 7) is 12.6. The van der Waals surface area contributed by atoms with Crippen molar-refractivity contribution in [2.24, 2.45) is 13.0 Å². The maximum absolute atomic E-state index is 14.4. The summed E-state index contributed by atoms with van der Waals surface area (Å²) in [5.41, 5.74) is 6.81. The minimum atomic E-state index is -4.17. The third kappa shape index (κ3) is 6.62. The average Bonchev–Trinajstić information content (AvgIpc) is 3.36. The number of nitrogens with zero attached hydrogens (tertiary/aromatic N) is 6. The molecule has 4 bridgehead atoms. The zero-order valence-electron chi connectivity index (χ0n) is 28.4. The Bertz CT molecular complexity index is 2100. The van der Waals surface area contributed by atoms with E-state index in [1.165, 1.54) is 12.1 Å². The minimum Gasteiger partial charge on any atom is -0.475 e. The van der Waals surface area contributed by atoms with Crippen LogP contribution in [-0.2, 0) is 23.6 Å². The van der Waals surface area contributed by atoms with Crippen LogP contribution in [0.4, 0.5) is 5.95 Å². The maximum Gasteiger partial charge on any atom is 0.264 e. The molecule has 0 saturated carbocycles. The Morgan fingerprint density at radius 1 is 0.979 bits per heavy atom. The first-order chi connectivity index (χ1) is 22.8. The summed E-state index contributed by atoms with van der Waals surface area (Å²) in [5.74, 6) is 0.229. The van der Waals surface area contributed by atoms with Crippen LogP contribution in [0.2, 0.25) is 0 Å². The highest BCUT2D eigenvalue weighted by atomic mass is 32.2. The predicted molar refractivity (Wildman–Crippen MR) is 185 cm³/mol. The molecule has 1 aliphatic heterocycles. The van der Waals surface area contributed by atoms with Crippen LogP contribution in [0.1, 0.15) is 72.9 Å². The van der Waals surface area contributed by atoms with Gasteiger partial charge in [0.2, 0.25) is 11.8 Å². The lowest BCUT2D eigenvalue weighted by atomic mass is 10.00. The minimum absolute atomic E-state index is 0.0808. The molecule has 0 saturated heterocycles. The fraction of sp³-hybridized carbons (Fsp3) is 0.361. The number of anilines is 1. The molecule has 0 fully saturated rings. The fourth-order valence-corrected chi connectivity index (χ4v) is 7.34. The van der Waals surface area contributed by atoms with Gasteiger partial charge in [0.15, 0.2) is 5.65 Å². The summed E-state index contributed by atoms with van der Waals surface area (Å²) >= 11 is 0. The lowest BCUT2D eigenvalue weighted by molar-refractivity contribution is 0.0549. The molecule has 1 aliphatic rings. The molecule has 5 aromatic rings. The van der Waals surface area contributed by atoms with E-state index >= 15 is 0 Å². The van der Waals surface area contributed by atoms with Crippen molar-refractivity contribution in [3.05, 3.63) is 88.9 Å². The summed E-state index contributed by atoms with van der Waals surface area (Å²) in [6.07, 6.45) is 2.31. The van der Waals surface area contributed by atoms with E-state index < -0.39 is 16.1 Å². The largest absolute Gasteiger partial charge is 0.475 e. The van der Waals surface area contributed by atoms with Crippen LogP contribution in [0.3, 0.4) is 0 Å². The second kappa shape index (κ2) is 13.0. The van der Waals surface area contributed by atoms with E-state index in [1.807, 2.05) is 49.7 Å². The molecule has 0 spiro atoms. The number of sulfonamides is 1. The summed E-state index contributed by atoms with van der Waals surface area (Å²) < 4.78 is 38.3. The van der Waals surface area contributed by atoms with Gasteiger partial charge in [0.25, 0.3) is 15.9 Å². The van der Waals surface area contributed by atoms with Gasteiger partial charge in [-0.2, -0.15) is 4.98 Å². The van der Waals surface area contributed by atoms with Gasteiger partial charge in [-0.3, -0.25) is 9.78 Å². The first-order valence-electron chi connectivity index (χ1n) is 16.1. The van der Waals surface area contributed by atoms with E-state index in [0.29, 0.717) is 23.7 Å². The van der Waals surface area contributed by atoms with Gasteiger partial charge in [-0.1, -0.05) is 52.0 Å². The molecular weight excluding hydrogens is 627 g/mol. The number of aryl methyl sites for hydroxylation is 3. The van der Waals surface area contributed by atoms with E-state index in [4.69, 9.17) is 14.7 Å². The van der Waals surface area contributed by atoms with Crippen molar-refractivity contribution in [3.8, 4) is 17.1 Å². The standard InChI is InChI=1S/C36H41N7O4S/c1-21(2)14-27-20-47-32-17-29(33-23(5)10-8-11-24(33)6)39-36(40-32)41-48(45,46)28-13-9-12-25(15-28)35(44)43(27)19-26-18-37-30-16-31(22(3)4)42(7)34(30)38-26/h8-13,15-18,21-22,27H,14,19-20H2,1-7H3,(H,39,40,41)/t27-/m1/s1. The molecule has 0 unspecified atom stereocenters. The molecule has 1 amide bonds. The third-order valence-electron chi connectivity index (χ3n) is 8.67. The number of hydrogen-bond acceptors (Lipinski definition) is 8. The van der Waals surface area contributed by atoms with Gasteiger partial charge in [-0.25, -0.2) is 23.1 Å². The Balaban J connectivity index is 1.48. The molecule has 11 nitrogen and oxygen atoms in total. The number of fused-ring (bicyclic) bond motifs is 5. The third-order valence-corrected chi connectivity index (χ3v) is 10.00. The van der Waals surface area contributed by atoms with Gasteiger partial charge in [0.1, 0.15) is 12.1 Å². The van der Waals surface area contributed by atoms with Gasteiger partial charge < -0.3 is 14.2 Å². The summed E-state index contributed by atoms with van der Waals surface area (Å²) in [5, 5.41) is 0. The first-order valence-corrected chi connectivity index (χ1v) is 17.6. The molecule has 0 radical (unpaired) electrons. The summed E-state index contributed by atoms with van der Waals surface area (Å²) in [4.78, 5) is 34.8. The van der Waals surface area contributed by atoms with Crippen molar-refractivity contribution >= 4 is 33.0 Å². The molecule has 12 heteroatoms. The lowest BCUT2D eigenvalue weighted by Crippen LogP contribution is -2.44. The molecule has 250 valence electrons. The molecule has 2 aromatic carbocycles. The van der Waals surface area contributed by atoms with Crippen LogP contribution in [0.5, 0.6) is 5.88 Å². The van der Waals surface area contributed by atoms with E-state index in [0.717, 1.165) is 33.5 Å². The quantitative estimate of drug-likeness (QED) is 0.220. The Kier molecular flexibility index (Phi) is 8.95. The van der Waals surface area contributed by atoms with Crippen molar-refractivity contribution in [3.63, 3.8) is 0 Å². The zero-order valence-corrected chi connectivity index (χ0v) is 29.2. The maximum atomic E-state index is 14.4. The van der Waals surface area contributed by atoms with Crippen molar-refractivity contribution < 1.29 is 17.9 Å². The summed E-state index contributed by atoms with van der Waals surface area (Å²) in [7, 11) is -2.20. The molecule has 0 aliphatic carbocycles. The average molecular weight is 668 g/mol. The molecule has 3 aromatic heterocycles. The van der Waals surface area contributed by atoms with Crippen LogP contribution in [0.25, 0.3) is 22.4 Å². The smallest absolute Gasteiger partial charge is 0.264 e. The highest BCUT2D eigenvalue weighted by Crippen LogP contribution is 2.31. The second-order valence-electron chi connectivity index (χ2n) is 13.2. The molecule has 1 atom stereocenters. The number of aromatic nitrogens is 5. The van der Waals surface area contributed by atoms with Gasteiger partial charge in [0, 0.05) is 29.9 Å². The van der Waals surface area contributed by atoms with E-state index in [2.05, 4.69) is 42.4 Å². The first kappa shape index (κ1) is 33.1. The normalized spacial score (nSPS) is 16.3. The number of nitrogens with one attached hydrogen (secondary N) is 1. The van der Waals surface area contributed by atoms with E-state index in [9.17, 15) is 13.2 Å². The van der Waals surface area contributed by atoms with Crippen molar-refractivity contribution in [2.45, 2.75) is 71.4 Å². The number of benzene rings is 2. The van der Waals surface area contributed by atoms with E-state index in [-0.39, 0.29) is 47.3 Å². The van der Waals surface area contributed by atoms with Crippen LogP contribution in [0.15, 0.2) is 65.7 Å². The number of carbonyl (C=O) groups is 1. The number of rotatable bonds is 6. The van der Waals surface area contributed by atoms with Gasteiger partial charge in [-0.05, 0) is 67.5 Å². The van der Waals surface area contributed by atoms with Crippen LogP contribution >= 0.6 is 0 Å². The monoisotopic (exact) mass is 667 g/mol. The number of amides is 1. The highest BCUT2D eigenvalue weighted by Gasteiger charge is 2.30. The second-order valence-corrected chi connectivity index (χ2v) is 14.9. The molecule has 48 heavy (non-hydrogen) atoms. The SMILES string of the molecule is Cc1cccc(C)c1-c1cc2nc(n1)NS(=O)(=O)c1cccc(c1)C(=O)N(Cc1cnc3cc(C(C)C)n(C)c3n1)[C@H](CC(C)C)CO2. The number of carbonyl (C=O) groups excluding carboxylic acids is 1. The Hall–Kier alpha value is -4.84. The predicted octanol–water partition coefficient (Wildman–Crippen LogP) is 6.42. The van der Waals surface area contributed by atoms with Gasteiger partial charge >= 0.3 is 0 Å². The van der Waals surface area contributed by atoms with Crippen molar-refractivity contribution in [1.82, 2.24) is 29.4 Å². The van der Waals surface area contributed by atoms with Crippen molar-refractivity contribution in [1.29, 1.82) is 0 Å². The number of hydrogen-bond donors (Lipinski definition) is 1. The molecular formula is C36H41N7O4S. The Morgan fingerprint density at radius 2 is 1.71 bits per heavy atom. The van der Waals surface area contributed by atoms with Gasteiger partial charge in [-0.15, -0.1) is 0 Å². The molecule has 6 rings (SSSR count). The van der Waals surface area contributed by atoms with Crippen molar-refractivity contribution in [2.75, 3.05) is 11.3 Å². The highest BCUT2D eigenvalue weighted by molar-refractivity contribution is 7.92. The summed E-state index contributed by atoms with van der Waals surface area (Å²) in [6, 6.07) is 15.3. The van der Waals surface area contributed by atoms with Crippen LogP contribution < -0.4 is 9.46 Å². The molecule has 4 heterocycles. The van der Waals surface area contributed by atoms with Crippen LogP contribution in [0, 0.1) is 19.8 Å². The molecule has 1 N–H and O–H groups in total. The topological polar surface area (TPSA) is 132 Å². The Labute approximate surface area is 281 Å². The van der Waals surface area contributed by atoms with Gasteiger partial charge in [0.05, 0.1) is 35.1 Å².